The van der Waals surface area contributed by atoms with Crippen LogP contribution in [-0.4, -0.2) is 25.7 Å². The summed E-state index contributed by atoms with van der Waals surface area (Å²) in [5.74, 6) is -0.212. The molecule has 0 aliphatic heterocycles. The number of nitrogens with zero attached hydrogens (tertiary/aromatic N) is 4. The molecule has 1 amide bonds. The van der Waals surface area contributed by atoms with Gasteiger partial charge in [-0.2, -0.15) is 5.10 Å². The molecule has 1 N–H and O–H groups in total. The number of carbonyl (C=O) groups is 1. The first kappa shape index (κ1) is 20.3. The van der Waals surface area contributed by atoms with Crippen LogP contribution >= 0.6 is 0 Å². The average Bonchev–Trinajstić information content (AvgIpc) is 3.31. The van der Waals surface area contributed by atoms with Crippen LogP contribution in [0, 0.1) is 0 Å². The maximum atomic E-state index is 12.5. The highest BCUT2D eigenvalue weighted by atomic mass is 16.1. The van der Waals surface area contributed by atoms with Crippen LogP contribution in [0.4, 0.5) is 0 Å². The van der Waals surface area contributed by atoms with E-state index in [9.17, 15) is 4.79 Å². The van der Waals surface area contributed by atoms with Gasteiger partial charge in [0.15, 0.2) is 0 Å². The second-order valence-corrected chi connectivity index (χ2v) is 7.48. The highest BCUT2D eigenvalue weighted by Crippen LogP contribution is 2.23. The summed E-state index contributed by atoms with van der Waals surface area (Å²) >= 11 is 0. The van der Waals surface area contributed by atoms with Crippen molar-refractivity contribution in [2.24, 2.45) is 0 Å². The minimum Gasteiger partial charge on any atom is -0.348 e. The summed E-state index contributed by atoms with van der Waals surface area (Å²) in [6, 6.07) is 27.5. The first-order valence-corrected chi connectivity index (χ1v) is 10.6. The van der Waals surface area contributed by atoms with Gasteiger partial charge in [-0.15, -0.1) is 0 Å². The molecule has 5 aromatic rings. The molecule has 2 heterocycles. The molecule has 160 valence electrons. The summed E-state index contributed by atoms with van der Waals surface area (Å²) in [6.45, 7) is 0.351. The van der Waals surface area contributed by atoms with Gasteiger partial charge in [-0.3, -0.25) is 9.78 Å². The highest BCUT2D eigenvalue weighted by Gasteiger charge is 2.12. The van der Waals surface area contributed by atoms with Crippen LogP contribution in [0.15, 0.2) is 103 Å². The van der Waals surface area contributed by atoms with Gasteiger partial charge in [-0.05, 0) is 30.3 Å². The SMILES string of the molecule is O=C(/C=C/c1cnc2ccccc2n1)NCc1cn(-c2ccccc2)nc1-c1ccccc1. The van der Waals surface area contributed by atoms with Gasteiger partial charge in [0.05, 0.1) is 34.3 Å². The Bertz CT molecular complexity index is 1430. The van der Waals surface area contributed by atoms with E-state index in [0.717, 1.165) is 33.5 Å². The van der Waals surface area contributed by atoms with Crippen molar-refractivity contribution in [3.63, 3.8) is 0 Å². The molecule has 0 saturated carbocycles. The van der Waals surface area contributed by atoms with Gasteiger partial charge in [0.25, 0.3) is 0 Å². The fourth-order valence-electron chi connectivity index (χ4n) is 3.55. The van der Waals surface area contributed by atoms with E-state index in [2.05, 4.69) is 15.3 Å². The predicted molar refractivity (Wildman–Crippen MR) is 129 cm³/mol. The van der Waals surface area contributed by atoms with Crippen molar-refractivity contribution in [1.82, 2.24) is 25.1 Å². The van der Waals surface area contributed by atoms with Crippen LogP contribution in [0.5, 0.6) is 0 Å². The van der Waals surface area contributed by atoms with Crippen LogP contribution in [0.3, 0.4) is 0 Å². The lowest BCUT2D eigenvalue weighted by molar-refractivity contribution is -0.116. The van der Waals surface area contributed by atoms with Crippen molar-refractivity contribution in [2.45, 2.75) is 6.54 Å². The van der Waals surface area contributed by atoms with Gasteiger partial charge >= 0.3 is 0 Å². The Labute approximate surface area is 191 Å². The maximum Gasteiger partial charge on any atom is 0.244 e. The zero-order valence-electron chi connectivity index (χ0n) is 17.8. The average molecular weight is 431 g/mol. The number of carbonyl (C=O) groups excluding carboxylic acids is 1. The normalized spacial score (nSPS) is 11.2. The van der Waals surface area contributed by atoms with E-state index in [0.29, 0.717) is 12.2 Å². The second kappa shape index (κ2) is 9.28. The number of para-hydroxylation sites is 3. The van der Waals surface area contributed by atoms with Crippen molar-refractivity contribution < 1.29 is 4.79 Å². The summed E-state index contributed by atoms with van der Waals surface area (Å²) in [4.78, 5) is 21.4. The molecular weight excluding hydrogens is 410 g/mol. The highest BCUT2D eigenvalue weighted by molar-refractivity contribution is 5.91. The summed E-state index contributed by atoms with van der Waals surface area (Å²) in [5.41, 5.74) is 5.97. The van der Waals surface area contributed by atoms with Crippen molar-refractivity contribution in [1.29, 1.82) is 0 Å². The van der Waals surface area contributed by atoms with Crippen LogP contribution in [-0.2, 0) is 11.3 Å². The molecule has 0 fully saturated rings. The molecule has 5 rings (SSSR count). The minimum atomic E-state index is -0.212. The maximum absolute atomic E-state index is 12.5. The van der Waals surface area contributed by atoms with E-state index in [1.165, 1.54) is 6.08 Å². The molecule has 0 bridgehead atoms. The number of hydrogen-bond acceptors (Lipinski definition) is 4. The first-order chi connectivity index (χ1) is 16.3. The number of benzene rings is 3. The van der Waals surface area contributed by atoms with Crippen molar-refractivity contribution >= 4 is 23.0 Å². The van der Waals surface area contributed by atoms with E-state index in [1.54, 1.807) is 12.3 Å². The Hall–Kier alpha value is -4.58. The summed E-state index contributed by atoms with van der Waals surface area (Å²) in [7, 11) is 0. The fourth-order valence-corrected chi connectivity index (χ4v) is 3.55. The zero-order valence-corrected chi connectivity index (χ0v) is 17.8. The molecule has 0 aliphatic carbocycles. The Balaban J connectivity index is 1.34. The molecule has 3 aromatic carbocycles. The molecule has 0 radical (unpaired) electrons. The van der Waals surface area contributed by atoms with Crippen molar-refractivity contribution in [2.75, 3.05) is 0 Å². The Morgan fingerprint density at radius 1 is 0.879 bits per heavy atom. The van der Waals surface area contributed by atoms with Gasteiger partial charge in [-0.25, -0.2) is 9.67 Å². The largest absolute Gasteiger partial charge is 0.348 e. The van der Waals surface area contributed by atoms with Gasteiger partial charge in [-0.1, -0.05) is 60.7 Å². The number of fused-ring (bicyclic) bond motifs is 1. The molecule has 0 aliphatic rings. The third kappa shape index (κ3) is 4.70. The van der Waals surface area contributed by atoms with E-state index in [-0.39, 0.29) is 5.91 Å². The monoisotopic (exact) mass is 431 g/mol. The van der Waals surface area contributed by atoms with E-state index >= 15 is 0 Å². The van der Waals surface area contributed by atoms with E-state index in [1.807, 2.05) is 95.8 Å². The molecule has 0 unspecified atom stereocenters. The van der Waals surface area contributed by atoms with Gasteiger partial charge in [0.1, 0.15) is 0 Å². The molecule has 2 aromatic heterocycles. The topological polar surface area (TPSA) is 72.7 Å². The molecule has 0 saturated heterocycles. The Morgan fingerprint density at radius 3 is 2.36 bits per heavy atom. The quantitative estimate of drug-likeness (QED) is 0.392. The second-order valence-electron chi connectivity index (χ2n) is 7.48. The summed E-state index contributed by atoms with van der Waals surface area (Å²) in [6.07, 6.45) is 6.75. The number of amides is 1. The molecule has 6 nitrogen and oxygen atoms in total. The van der Waals surface area contributed by atoms with Gasteiger partial charge in [0, 0.05) is 29.9 Å². The molecular formula is C27H21N5O. The molecule has 0 atom stereocenters. The van der Waals surface area contributed by atoms with E-state index < -0.39 is 0 Å². The van der Waals surface area contributed by atoms with Gasteiger partial charge < -0.3 is 5.32 Å². The minimum absolute atomic E-state index is 0.212. The fraction of sp³-hybridized carbons (Fsp3) is 0.0370. The van der Waals surface area contributed by atoms with Crippen LogP contribution in [0.25, 0.3) is 34.1 Å². The van der Waals surface area contributed by atoms with Crippen molar-refractivity contribution in [3.05, 3.63) is 115 Å². The Morgan fingerprint density at radius 2 is 1.58 bits per heavy atom. The summed E-state index contributed by atoms with van der Waals surface area (Å²) < 4.78 is 1.84. The molecule has 0 spiro atoms. The number of nitrogens with one attached hydrogen (secondary N) is 1. The number of aromatic nitrogens is 4. The lowest BCUT2D eigenvalue weighted by atomic mass is 10.1. The number of rotatable bonds is 6. The van der Waals surface area contributed by atoms with E-state index in [4.69, 9.17) is 5.10 Å². The third-order valence-electron chi connectivity index (χ3n) is 5.18. The molecule has 33 heavy (non-hydrogen) atoms. The van der Waals surface area contributed by atoms with Gasteiger partial charge in [0.2, 0.25) is 5.91 Å². The van der Waals surface area contributed by atoms with Crippen molar-refractivity contribution in [3.8, 4) is 16.9 Å². The number of hydrogen-bond donors (Lipinski definition) is 1. The smallest absolute Gasteiger partial charge is 0.244 e. The lowest BCUT2D eigenvalue weighted by Crippen LogP contribution is -2.20. The predicted octanol–water partition coefficient (Wildman–Crippen LogP) is 4.81. The standard InChI is InChI=1S/C27H21N5O/c33-26(16-15-22-18-28-24-13-7-8-14-25(24)30-22)29-17-21-19-32(23-11-5-2-6-12-23)31-27(21)20-9-3-1-4-10-20/h1-16,18-19H,17H2,(H,29,33)/b16-15+. The van der Waals surface area contributed by atoms with Crippen LogP contribution in [0.2, 0.25) is 0 Å². The summed E-state index contributed by atoms with van der Waals surface area (Å²) in [5, 5.41) is 7.73. The Kier molecular flexibility index (Phi) is 5.72. The zero-order chi connectivity index (χ0) is 22.5. The van der Waals surface area contributed by atoms with Crippen LogP contribution < -0.4 is 5.32 Å². The lowest BCUT2D eigenvalue weighted by Gasteiger charge is -2.03. The van der Waals surface area contributed by atoms with Crippen LogP contribution in [0.1, 0.15) is 11.3 Å². The first-order valence-electron chi connectivity index (χ1n) is 10.6. The molecule has 6 heteroatoms. The third-order valence-corrected chi connectivity index (χ3v) is 5.18.